The molecule has 0 aliphatic carbocycles. The highest BCUT2D eigenvalue weighted by molar-refractivity contribution is 5.97. The summed E-state index contributed by atoms with van der Waals surface area (Å²) in [4.78, 5) is 28.8. The van der Waals surface area contributed by atoms with Crippen molar-refractivity contribution >= 4 is 22.4 Å². The number of rotatable bonds is 7. The van der Waals surface area contributed by atoms with Gasteiger partial charge in [0, 0.05) is 80.4 Å². The van der Waals surface area contributed by atoms with Crippen molar-refractivity contribution in [1.82, 2.24) is 29.5 Å². The number of hydrogen-bond donors (Lipinski definition) is 0. The molecule has 5 heterocycles. The average molecular weight is 514 g/mol. The SMILES string of the molecule is CN1CCN(c2ccc(C(=O)Cc3cc4cc(-c5cnn6c5CN(CCF)CC6)ccc4cn3)cn2)CC1. The predicted molar refractivity (Wildman–Crippen MR) is 146 cm³/mol. The van der Waals surface area contributed by atoms with Gasteiger partial charge in [-0.3, -0.25) is 19.4 Å². The molecule has 0 unspecified atom stereocenters. The molecule has 6 rings (SSSR count). The van der Waals surface area contributed by atoms with Crippen LogP contribution in [0.4, 0.5) is 10.2 Å². The Bertz CT molecular complexity index is 1440. The number of piperazine rings is 1. The molecule has 0 bridgehead atoms. The van der Waals surface area contributed by atoms with Gasteiger partial charge in [0.1, 0.15) is 12.5 Å². The number of pyridine rings is 2. The minimum atomic E-state index is -0.343. The van der Waals surface area contributed by atoms with Crippen LogP contribution in [0.1, 0.15) is 21.7 Å². The zero-order chi connectivity index (χ0) is 26.1. The van der Waals surface area contributed by atoms with Gasteiger partial charge in [0.15, 0.2) is 5.78 Å². The van der Waals surface area contributed by atoms with E-state index in [0.29, 0.717) is 18.7 Å². The third kappa shape index (κ3) is 5.04. The van der Waals surface area contributed by atoms with Crippen LogP contribution >= 0.6 is 0 Å². The van der Waals surface area contributed by atoms with Gasteiger partial charge < -0.3 is 9.80 Å². The van der Waals surface area contributed by atoms with Crippen molar-refractivity contribution in [3.63, 3.8) is 0 Å². The van der Waals surface area contributed by atoms with Gasteiger partial charge in [-0.05, 0) is 42.3 Å². The Labute approximate surface area is 221 Å². The van der Waals surface area contributed by atoms with Crippen molar-refractivity contribution in [2.45, 2.75) is 19.5 Å². The molecule has 1 fully saturated rings. The summed E-state index contributed by atoms with van der Waals surface area (Å²) in [5, 5.41) is 6.61. The second-order valence-corrected chi connectivity index (χ2v) is 10.2. The Morgan fingerprint density at radius 1 is 0.921 bits per heavy atom. The maximum absolute atomic E-state index is 13.0. The van der Waals surface area contributed by atoms with Crippen LogP contribution in [-0.2, 0) is 19.5 Å². The van der Waals surface area contributed by atoms with Gasteiger partial charge in [-0.25, -0.2) is 9.37 Å². The van der Waals surface area contributed by atoms with Gasteiger partial charge in [0.2, 0.25) is 0 Å². The van der Waals surface area contributed by atoms with Crippen molar-refractivity contribution < 1.29 is 9.18 Å². The van der Waals surface area contributed by atoms with E-state index in [1.54, 1.807) is 6.20 Å². The summed E-state index contributed by atoms with van der Waals surface area (Å²) in [5.74, 6) is 0.922. The number of ketones is 1. The minimum absolute atomic E-state index is 0.00379. The number of likely N-dealkylation sites (N-methyl/N-ethyl adjacent to an activating group) is 1. The lowest BCUT2D eigenvalue weighted by atomic mass is 10.0. The first-order chi connectivity index (χ1) is 18.6. The second-order valence-electron chi connectivity index (χ2n) is 10.2. The summed E-state index contributed by atoms with van der Waals surface area (Å²) < 4.78 is 14.9. The second kappa shape index (κ2) is 10.6. The largest absolute Gasteiger partial charge is 0.354 e. The molecule has 0 saturated carbocycles. The van der Waals surface area contributed by atoms with E-state index in [-0.39, 0.29) is 18.9 Å². The molecule has 0 radical (unpaired) electrons. The van der Waals surface area contributed by atoms with Crippen molar-refractivity contribution in [1.29, 1.82) is 0 Å². The van der Waals surface area contributed by atoms with E-state index in [2.05, 4.69) is 55.0 Å². The minimum Gasteiger partial charge on any atom is -0.354 e. The summed E-state index contributed by atoms with van der Waals surface area (Å²) in [6.45, 7) is 6.28. The standard InChI is InChI=1S/C29H32FN7O/c1-34-8-11-36(12-9-34)29-5-4-23(18-32-29)28(38)16-25-15-24-14-21(2-3-22(24)17-31-25)26-19-33-37-13-10-35(7-6-30)20-27(26)37/h2-5,14-15,17-19H,6-13,16,20H2,1H3. The van der Waals surface area contributed by atoms with Crippen LogP contribution < -0.4 is 4.90 Å². The third-order valence-electron chi connectivity index (χ3n) is 7.68. The van der Waals surface area contributed by atoms with Crippen LogP contribution in [-0.4, -0.2) is 88.3 Å². The summed E-state index contributed by atoms with van der Waals surface area (Å²) in [6.07, 6.45) is 5.63. The average Bonchev–Trinajstić information content (AvgIpc) is 3.37. The number of halogens is 1. The fraction of sp³-hybridized carbons (Fsp3) is 0.379. The Kier molecular flexibility index (Phi) is 6.86. The molecule has 1 aromatic carbocycles. The normalized spacial score (nSPS) is 16.6. The van der Waals surface area contributed by atoms with E-state index in [0.717, 1.165) is 78.4 Å². The Balaban J connectivity index is 1.19. The molecular formula is C29H32FN7O. The number of anilines is 1. The number of hydrogen-bond acceptors (Lipinski definition) is 7. The highest BCUT2D eigenvalue weighted by Gasteiger charge is 2.21. The Hall–Kier alpha value is -3.69. The number of aromatic nitrogens is 4. The van der Waals surface area contributed by atoms with Crippen molar-refractivity contribution in [2.75, 3.05) is 57.9 Å². The van der Waals surface area contributed by atoms with Gasteiger partial charge in [-0.2, -0.15) is 5.10 Å². The van der Waals surface area contributed by atoms with Gasteiger partial charge >= 0.3 is 0 Å². The van der Waals surface area contributed by atoms with Gasteiger partial charge in [-0.15, -0.1) is 0 Å². The van der Waals surface area contributed by atoms with Crippen molar-refractivity contribution in [2.24, 2.45) is 0 Å². The van der Waals surface area contributed by atoms with Crippen molar-refractivity contribution in [3.05, 3.63) is 71.9 Å². The number of alkyl halides is 1. The molecule has 0 amide bonds. The molecule has 1 saturated heterocycles. The van der Waals surface area contributed by atoms with Crippen LogP contribution in [0.25, 0.3) is 21.9 Å². The van der Waals surface area contributed by atoms with Crippen LogP contribution in [0.15, 0.2) is 55.0 Å². The Morgan fingerprint density at radius 3 is 2.58 bits per heavy atom. The van der Waals surface area contributed by atoms with Gasteiger partial charge in [-0.1, -0.05) is 12.1 Å². The molecule has 0 spiro atoms. The monoisotopic (exact) mass is 513 g/mol. The number of benzene rings is 1. The van der Waals surface area contributed by atoms with Crippen molar-refractivity contribution in [3.8, 4) is 11.1 Å². The summed E-state index contributed by atoms with van der Waals surface area (Å²) in [7, 11) is 2.13. The third-order valence-corrected chi connectivity index (χ3v) is 7.68. The molecule has 0 N–H and O–H groups in total. The molecule has 38 heavy (non-hydrogen) atoms. The van der Waals surface area contributed by atoms with E-state index < -0.39 is 0 Å². The lowest BCUT2D eigenvalue weighted by Gasteiger charge is -2.33. The lowest BCUT2D eigenvalue weighted by molar-refractivity contribution is 0.0991. The molecule has 9 heteroatoms. The van der Waals surface area contributed by atoms with E-state index in [4.69, 9.17) is 0 Å². The van der Waals surface area contributed by atoms with Crippen LogP contribution in [0.2, 0.25) is 0 Å². The molecule has 2 aliphatic heterocycles. The smallest absolute Gasteiger partial charge is 0.170 e. The van der Waals surface area contributed by atoms with E-state index in [1.807, 2.05) is 35.3 Å². The zero-order valence-corrected chi connectivity index (χ0v) is 21.7. The fourth-order valence-electron chi connectivity index (χ4n) is 5.34. The van der Waals surface area contributed by atoms with E-state index in [1.165, 1.54) is 0 Å². The van der Waals surface area contributed by atoms with Crippen LogP contribution in [0, 0.1) is 0 Å². The summed E-state index contributed by atoms with van der Waals surface area (Å²) >= 11 is 0. The number of nitrogens with zero attached hydrogens (tertiary/aromatic N) is 7. The Morgan fingerprint density at radius 2 is 1.79 bits per heavy atom. The molecule has 0 atom stereocenters. The zero-order valence-electron chi connectivity index (χ0n) is 21.7. The lowest BCUT2D eigenvalue weighted by Crippen LogP contribution is -2.44. The quantitative estimate of drug-likeness (QED) is 0.351. The number of carbonyl (C=O) groups excluding carboxylic acids is 1. The van der Waals surface area contributed by atoms with E-state index >= 15 is 0 Å². The molecule has 2 aliphatic rings. The van der Waals surface area contributed by atoms with Crippen LogP contribution in [0.5, 0.6) is 0 Å². The maximum Gasteiger partial charge on any atom is 0.170 e. The molecule has 4 aromatic rings. The summed E-state index contributed by atoms with van der Waals surface area (Å²) in [6, 6.07) is 12.1. The highest BCUT2D eigenvalue weighted by Crippen LogP contribution is 2.30. The first kappa shape index (κ1) is 24.6. The molecular weight excluding hydrogens is 481 g/mol. The first-order valence-corrected chi connectivity index (χ1v) is 13.2. The number of carbonyl (C=O) groups is 1. The molecule has 8 nitrogen and oxygen atoms in total. The summed E-state index contributed by atoms with van der Waals surface area (Å²) in [5.41, 5.74) is 4.57. The highest BCUT2D eigenvalue weighted by atomic mass is 19.1. The number of Topliss-reactive ketones (excluding diaryl/α,β-unsaturated/α-hetero) is 1. The van der Waals surface area contributed by atoms with Gasteiger partial charge in [0.05, 0.1) is 24.9 Å². The van der Waals surface area contributed by atoms with Crippen LogP contribution in [0.3, 0.4) is 0 Å². The van der Waals surface area contributed by atoms with Gasteiger partial charge in [0.25, 0.3) is 0 Å². The maximum atomic E-state index is 13.0. The molecule has 3 aromatic heterocycles. The first-order valence-electron chi connectivity index (χ1n) is 13.2. The fourth-order valence-corrected chi connectivity index (χ4v) is 5.34. The molecule has 196 valence electrons. The van der Waals surface area contributed by atoms with E-state index in [9.17, 15) is 9.18 Å². The predicted octanol–water partition coefficient (Wildman–Crippen LogP) is 3.46. The topological polar surface area (TPSA) is 70.4 Å². The number of fused-ring (bicyclic) bond motifs is 2.